The molecule has 0 bridgehead atoms. The lowest BCUT2D eigenvalue weighted by molar-refractivity contribution is -0.166. The largest absolute Gasteiger partial charge is 0.462 e. The van der Waals surface area contributed by atoms with E-state index >= 15 is 0 Å². The number of nitrogens with zero attached hydrogens (tertiary/aromatic N) is 4. The highest BCUT2D eigenvalue weighted by Crippen LogP contribution is 2.59. The van der Waals surface area contributed by atoms with E-state index in [0.29, 0.717) is 23.1 Å². The second-order valence-electron chi connectivity index (χ2n) is 8.42. The van der Waals surface area contributed by atoms with Crippen LogP contribution in [0.1, 0.15) is 36.9 Å². The third-order valence-corrected chi connectivity index (χ3v) is 6.38. The molecule has 5 rings (SSSR count). The third-order valence-electron chi connectivity index (χ3n) is 6.11. The minimum atomic E-state index is -1.03. The summed E-state index contributed by atoms with van der Waals surface area (Å²) < 4.78 is 24.7. The molecular weight excluding hydrogens is 480 g/mol. The summed E-state index contributed by atoms with van der Waals surface area (Å²) in [4.78, 5) is 48.8. The van der Waals surface area contributed by atoms with Crippen LogP contribution in [0.3, 0.4) is 0 Å². The maximum absolute atomic E-state index is 12.4. The Balaban J connectivity index is 1.44. The van der Waals surface area contributed by atoms with Gasteiger partial charge < -0.3 is 18.9 Å². The van der Waals surface area contributed by atoms with E-state index in [1.165, 1.54) is 26.5 Å². The Morgan fingerprint density at radius 3 is 2.57 bits per heavy atom. The normalized spacial score (nSPS) is 27.1. The van der Waals surface area contributed by atoms with Crippen molar-refractivity contribution in [1.82, 2.24) is 19.5 Å². The van der Waals surface area contributed by atoms with E-state index in [4.69, 9.17) is 30.5 Å². The van der Waals surface area contributed by atoms with Crippen LogP contribution in [0.4, 0.5) is 0 Å². The summed E-state index contributed by atoms with van der Waals surface area (Å²) in [5, 5.41) is 0.152. The van der Waals surface area contributed by atoms with E-state index in [0.717, 1.165) is 0 Å². The van der Waals surface area contributed by atoms with Gasteiger partial charge >= 0.3 is 17.9 Å². The van der Waals surface area contributed by atoms with Crippen LogP contribution in [0.2, 0.25) is 5.15 Å². The van der Waals surface area contributed by atoms with Gasteiger partial charge in [0, 0.05) is 19.8 Å². The standard InChI is InChI=1S/C23H21ClN4O7/c1-12(29)33-17-18(34-13(2)30)23(8-15(23)9-32-22(31)14-6-4-3-5-7-14)35-21(17)28-11-27-16-19(24)25-10-26-20(16)28/h3-7,10-11,15,17-18,21H,8-9H2,1-2H3/t15-,17-,18?,21+,23+/m0/s1. The van der Waals surface area contributed by atoms with Crippen LogP contribution in [0.15, 0.2) is 43.0 Å². The van der Waals surface area contributed by atoms with Crippen molar-refractivity contribution < 1.29 is 33.3 Å². The number of rotatable bonds is 6. The van der Waals surface area contributed by atoms with Gasteiger partial charge in [0.2, 0.25) is 0 Å². The van der Waals surface area contributed by atoms with E-state index < -0.39 is 41.9 Å². The first-order valence-electron chi connectivity index (χ1n) is 10.9. The van der Waals surface area contributed by atoms with Gasteiger partial charge in [-0.15, -0.1) is 0 Å². The number of imidazole rings is 1. The number of benzene rings is 1. The summed E-state index contributed by atoms with van der Waals surface area (Å²) >= 11 is 6.14. The molecule has 1 unspecified atom stereocenters. The Morgan fingerprint density at radius 2 is 1.86 bits per heavy atom. The molecule has 2 aliphatic rings. The number of carbonyl (C=O) groups is 3. The molecule has 3 aromatic rings. The van der Waals surface area contributed by atoms with Crippen LogP contribution >= 0.6 is 11.6 Å². The van der Waals surface area contributed by atoms with E-state index in [1.54, 1.807) is 34.9 Å². The van der Waals surface area contributed by atoms with E-state index in [-0.39, 0.29) is 17.7 Å². The first-order valence-corrected chi connectivity index (χ1v) is 11.3. The van der Waals surface area contributed by atoms with Gasteiger partial charge in [-0.1, -0.05) is 29.8 Å². The van der Waals surface area contributed by atoms with Gasteiger partial charge in [-0.3, -0.25) is 14.2 Å². The van der Waals surface area contributed by atoms with Gasteiger partial charge in [0.15, 0.2) is 29.2 Å². The predicted molar refractivity (Wildman–Crippen MR) is 119 cm³/mol. The Kier molecular flexibility index (Phi) is 5.89. The molecule has 0 amide bonds. The van der Waals surface area contributed by atoms with Crippen LogP contribution in [0, 0.1) is 5.92 Å². The maximum Gasteiger partial charge on any atom is 0.338 e. The molecule has 1 saturated heterocycles. The van der Waals surface area contributed by atoms with Gasteiger partial charge in [0.05, 0.1) is 18.5 Å². The van der Waals surface area contributed by atoms with Gasteiger partial charge in [-0.2, -0.15) is 0 Å². The number of aromatic nitrogens is 4. The fraction of sp³-hybridized carbons (Fsp3) is 0.391. The third kappa shape index (κ3) is 4.21. The predicted octanol–water partition coefficient (Wildman–Crippen LogP) is 2.49. The molecule has 1 aliphatic carbocycles. The average Bonchev–Trinajstić information content (AvgIpc) is 3.22. The van der Waals surface area contributed by atoms with Crippen LogP contribution in [0.25, 0.3) is 11.2 Å². The van der Waals surface area contributed by atoms with Gasteiger partial charge in [0.25, 0.3) is 0 Å². The lowest BCUT2D eigenvalue weighted by Gasteiger charge is -2.24. The monoisotopic (exact) mass is 500 g/mol. The smallest absolute Gasteiger partial charge is 0.338 e. The number of hydrogen-bond donors (Lipinski definition) is 0. The molecule has 1 aliphatic heterocycles. The summed E-state index contributed by atoms with van der Waals surface area (Å²) in [5.74, 6) is -1.92. The van der Waals surface area contributed by atoms with Crippen LogP contribution < -0.4 is 0 Å². The molecule has 5 atom stereocenters. The number of fused-ring (bicyclic) bond motifs is 1. The molecule has 182 valence electrons. The molecule has 1 spiro atoms. The highest BCUT2D eigenvalue weighted by Gasteiger charge is 2.72. The molecule has 0 radical (unpaired) electrons. The topological polar surface area (TPSA) is 132 Å². The first kappa shape index (κ1) is 23.2. The highest BCUT2D eigenvalue weighted by molar-refractivity contribution is 6.33. The highest BCUT2D eigenvalue weighted by atomic mass is 35.5. The first-order chi connectivity index (χ1) is 16.8. The quantitative estimate of drug-likeness (QED) is 0.282. The average molecular weight is 501 g/mol. The molecule has 0 N–H and O–H groups in total. The molecule has 3 heterocycles. The van der Waals surface area contributed by atoms with Crippen molar-refractivity contribution in [2.45, 2.75) is 44.3 Å². The van der Waals surface area contributed by atoms with Crippen molar-refractivity contribution in [2.24, 2.45) is 5.92 Å². The second-order valence-corrected chi connectivity index (χ2v) is 8.78. The molecule has 2 aromatic heterocycles. The molecule has 11 nitrogen and oxygen atoms in total. The summed E-state index contributed by atoms with van der Waals surface area (Å²) in [6, 6.07) is 8.60. The van der Waals surface area contributed by atoms with E-state index in [2.05, 4.69) is 15.0 Å². The van der Waals surface area contributed by atoms with Gasteiger partial charge in [0.1, 0.15) is 17.4 Å². The van der Waals surface area contributed by atoms with Crippen molar-refractivity contribution in [2.75, 3.05) is 6.61 Å². The van der Waals surface area contributed by atoms with Crippen LogP contribution in [0.5, 0.6) is 0 Å². The zero-order valence-corrected chi connectivity index (χ0v) is 19.5. The minimum absolute atomic E-state index is 0.0314. The summed E-state index contributed by atoms with van der Waals surface area (Å²) in [6.07, 6.45) is 0.281. The van der Waals surface area contributed by atoms with Crippen molar-refractivity contribution in [1.29, 1.82) is 0 Å². The van der Waals surface area contributed by atoms with Gasteiger partial charge in [-0.25, -0.2) is 19.7 Å². The lowest BCUT2D eigenvalue weighted by atomic mass is 10.1. The summed E-state index contributed by atoms with van der Waals surface area (Å²) in [7, 11) is 0. The summed E-state index contributed by atoms with van der Waals surface area (Å²) in [5.41, 5.74) is 0.0936. The fourth-order valence-electron chi connectivity index (χ4n) is 4.52. The number of esters is 3. The van der Waals surface area contributed by atoms with Crippen LogP contribution in [-0.2, 0) is 28.5 Å². The number of ether oxygens (including phenoxy) is 4. The number of hydrogen-bond acceptors (Lipinski definition) is 10. The maximum atomic E-state index is 12.4. The SMILES string of the molecule is CC(=O)OC1[C@H](OC(C)=O)[C@H](n2cnc3c(Cl)ncnc32)O[C@@]12C[C@H]2COC(=O)c1ccccc1. The lowest BCUT2D eigenvalue weighted by Crippen LogP contribution is -2.41. The summed E-state index contributed by atoms with van der Waals surface area (Å²) in [6.45, 7) is 2.55. The van der Waals surface area contributed by atoms with Crippen LogP contribution in [-0.4, -0.2) is 61.8 Å². The second kappa shape index (κ2) is 8.90. The minimum Gasteiger partial charge on any atom is -0.462 e. The Morgan fingerprint density at radius 1 is 1.11 bits per heavy atom. The molecule has 2 fully saturated rings. The molecular formula is C23H21ClN4O7. The zero-order chi connectivity index (χ0) is 24.7. The Bertz CT molecular complexity index is 1300. The van der Waals surface area contributed by atoms with Crippen molar-refractivity contribution in [3.63, 3.8) is 0 Å². The Labute approximate surface area is 204 Å². The fourth-order valence-corrected chi connectivity index (χ4v) is 4.70. The van der Waals surface area contributed by atoms with E-state index in [1.807, 2.05) is 0 Å². The van der Waals surface area contributed by atoms with Gasteiger partial charge in [-0.05, 0) is 18.6 Å². The molecule has 35 heavy (non-hydrogen) atoms. The number of halogens is 1. The van der Waals surface area contributed by atoms with Crippen molar-refractivity contribution >= 4 is 40.7 Å². The molecule has 1 aromatic carbocycles. The molecule has 12 heteroatoms. The van der Waals surface area contributed by atoms with Crippen molar-refractivity contribution in [3.05, 3.63) is 53.7 Å². The number of carbonyl (C=O) groups excluding carboxylic acids is 3. The molecule has 1 saturated carbocycles. The van der Waals surface area contributed by atoms with Crippen molar-refractivity contribution in [3.8, 4) is 0 Å². The Hall–Kier alpha value is -3.57. The zero-order valence-electron chi connectivity index (χ0n) is 18.8. The van der Waals surface area contributed by atoms with E-state index in [9.17, 15) is 14.4 Å².